The van der Waals surface area contributed by atoms with Crippen LogP contribution in [0.3, 0.4) is 0 Å². The van der Waals surface area contributed by atoms with Crippen molar-refractivity contribution >= 4 is 46.0 Å². The Hall–Kier alpha value is -1.80. The number of benzene rings is 2. The number of nitrogens with one attached hydrogen (secondary N) is 1. The standard InChI is InChI=1S/C20H22ClIN2O3/c1-3-18(20(26)23-2)24(12-14-4-6-15(21)7-5-14)19(25)13-27-17-10-8-16(22)9-11-17/h4-11,18H,3,12-13H2,1-2H3,(H,23,26)/t18-/m1/s1. The van der Waals surface area contributed by atoms with Gasteiger partial charge in [0.15, 0.2) is 6.61 Å². The van der Waals surface area contributed by atoms with E-state index in [4.69, 9.17) is 16.3 Å². The zero-order chi connectivity index (χ0) is 19.8. The first-order valence-corrected chi connectivity index (χ1v) is 10.0. The maximum atomic E-state index is 12.9. The van der Waals surface area contributed by atoms with Gasteiger partial charge >= 0.3 is 0 Å². The van der Waals surface area contributed by atoms with Gasteiger partial charge in [0.2, 0.25) is 5.91 Å². The molecule has 27 heavy (non-hydrogen) atoms. The fraction of sp³-hybridized carbons (Fsp3) is 0.300. The van der Waals surface area contributed by atoms with Crippen LogP contribution >= 0.6 is 34.2 Å². The van der Waals surface area contributed by atoms with Gasteiger partial charge in [-0.1, -0.05) is 30.7 Å². The molecule has 0 unspecified atom stereocenters. The van der Waals surface area contributed by atoms with Crippen molar-refractivity contribution in [2.45, 2.75) is 25.9 Å². The lowest BCUT2D eigenvalue weighted by Gasteiger charge is -2.30. The Labute approximate surface area is 178 Å². The fourth-order valence-electron chi connectivity index (χ4n) is 2.63. The third-order valence-corrected chi connectivity index (χ3v) is 5.05. The highest BCUT2D eigenvalue weighted by Gasteiger charge is 2.28. The highest BCUT2D eigenvalue weighted by atomic mass is 127. The molecule has 5 nitrogen and oxygen atoms in total. The average Bonchev–Trinajstić information content (AvgIpc) is 2.68. The Morgan fingerprint density at radius 3 is 2.33 bits per heavy atom. The lowest BCUT2D eigenvalue weighted by atomic mass is 10.1. The van der Waals surface area contributed by atoms with Crippen LogP contribution in [-0.4, -0.2) is 36.4 Å². The van der Waals surface area contributed by atoms with Crippen LogP contribution in [0.1, 0.15) is 18.9 Å². The van der Waals surface area contributed by atoms with Crippen molar-refractivity contribution in [2.75, 3.05) is 13.7 Å². The highest BCUT2D eigenvalue weighted by Crippen LogP contribution is 2.17. The second-order valence-corrected chi connectivity index (χ2v) is 7.61. The van der Waals surface area contributed by atoms with Gasteiger partial charge in [-0.2, -0.15) is 0 Å². The van der Waals surface area contributed by atoms with E-state index in [-0.39, 0.29) is 18.4 Å². The molecule has 0 bridgehead atoms. The molecular formula is C20H22ClIN2O3. The van der Waals surface area contributed by atoms with Crippen molar-refractivity contribution in [3.8, 4) is 5.75 Å². The molecule has 2 rings (SSSR count). The van der Waals surface area contributed by atoms with Gasteiger partial charge in [0.25, 0.3) is 5.91 Å². The second kappa shape index (κ2) is 10.5. The molecule has 0 saturated carbocycles. The minimum Gasteiger partial charge on any atom is -0.484 e. The van der Waals surface area contributed by atoms with Crippen molar-refractivity contribution in [3.63, 3.8) is 0 Å². The molecule has 0 fully saturated rings. The molecule has 0 saturated heterocycles. The number of likely N-dealkylation sites (N-methyl/N-ethyl adjacent to an activating group) is 1. The van der Waals surface area contributed by atoms with Crippen molar-refractivity contribution < 1.29 is 14.3 Å². The lowest BCUT2D eigenvalue weighted by Crippen LogP contribution is -2.49. The maximum Gasteiger partial charge on any atom is 0.261 e. The molecule has 2 amide bonds. The van der Waals surface area contributed by atoms with E-state index in [1.54, 1.807) is 24.1 Å². The van der Waals surface area contributed by atoms with Crippen LogP contribution in [0.15, 0.2) is 48.5 Å². The van der Waals surface area contributed by atoms with Crippen LogP contribution in [0.5, 0.6) is 5.75 Å². The average molecular weight is 501 g/mol. The molecular weight excluding hydrogens is 479 g/mol. The predicted octanol–water partition coefficient (Wildman–Crippen LogP) is 3.88. The minimum atomic E-state index is -0.571. The number of carbonyl (C=O) groups excluding carboxylic acids is 2. The number of hydrogen-bond donors (Lipinski definition) is 1. The lowest BCUT2D eigenvalue weighted by molar-refractivity contribution is -0.142. The van der Waals surface area contributed by atoms with Crippen molar-refractivity contribution in [1.82, 2.24) is 10.2 Å². The number of nitrogens with zero attached hydrogens (tertiary/aromatic N) is 1. The summed E-state index contributed by atoms with van der Waals surface area (Å²) in [5.74, 6) is 0.163. The Balaban J connectivity index is 2.15. The van der Waals surface area contributed by atoms with Crippen LogP contribution < -0.4 is 10.1 Å². The van der Waals surface area contributed by atoms with E-state index >= 15 is 0 Å². The summed E-state index contributed by atoms with van der Waals surface area (Å²) in [4.78, 5) is 26.7. The quantitative estimate of drug-likeness (QED) is 0.560. The number of ether oxygens (including phenoxy) is 1. The SMILES string of the molecule is CC[C@H](C(=O)NC)N(Cc1ccc(Cl)cc1)C(=O)COc1ccc(I)cc1. The van der Waals surface area contributed by atoms with Gasteiger partial charge in [-0.15, -0.1) is 0 Å². The molecule has 0 heterocycles. The Bertz CT molecular complexity index is 766. The summed E-state index contributed by atoms with van der Waals surface area (Å²) >= 11 is 8.14. The topological polar surface area (TPSA) is 58.6 Å². The number of hydrogen-bond acceptors (Lipinski definition) is 3. The summed E-state index contributed by atoms with van der Waals surface area (Å²) in [6, 6.07) is 14.1. The van der Waals surface area contributed by atoms with Gasteiger partial charge in [0.1, 0.15) is 11.8 Å². The van der Waals surface area contributed by atoms with E-state index < -0.39 is 6.04 Å². The van der Waals surface area contributed by atoms with Crippen LogP contribution in [0, 0.1) is 3.57 Å². The number of carbonyl (C=O) groups is 2. The van der Waals surface area contributed by atoms with Gasteiger partial charge < -0.3 is 15.0 Å². The van der Waals surface area contributed by atoms with E-state index in [9.17, 15) is 9.59 Å². The van der Waals surface area contributed by atoms with Gasteiger partial charge in [-0.05, 0) is 71.0 Å². The zero-order valence-electron chi connectivity index (χ0n) is 15.2. The largest absolute Gasteiger partial charge is 0.484 e. The molecule has 1 N–H and O–H groups in total. The normalized spacial score (nSPS) is 11.6. The zero-order valence-corrected chi connectivity index (χ0v) is 18.2. The molecule has 144 valence electrons. The smallest absolute Gasteiger partial charge is 0.261 e. The first-order valence-electron chi connectivity index (χ1n) is 8.58. The number of rotatable bonds is 8. The van der Waals surface area contributed by atoms with Crippen molar-refractivity contribution in [2.24, 2.45) is 0 Å². The van der Waals surface area contributed by atoms with Crippen LogP contribution in [0.25, 0.3) is 0 Å². The molecule has 7 heteroatoms. The fourth-order valence-corrected chi connectivity index (χ4v) is 3.12. The first kappa shape index (κ1) is 21.5. The molecule has 1 atom stereocenters. The van der Waals surface area contributed by atoms with Crippen molar-refractivity contribution in [3.05, 3.63) is 62.7 Å². The summed E-state index contributed by atoms with van der Waals surface area (Å²) in [5.41, 5.74) is 0.893. The van der Waals surface area contributed by atoms with Crippen LogP contribution in [0.4, 0.5) is 0 Å². The van der Waals surface area contributed by atoms with Crippen molar-refractivity contribution in [1.29, 1.82) is 0 Å². The summed E-state index contributed by atoms with van der Waals surface area (Å²) in [7, 11) is 1.57. The van der Waals surface area contributed by atoms with E-state index in [1.165, 1.54) is 0 Å². The summed E-state index contributed by atoms with van der Waals surface area (Å²) in [6.07, 6.45) is 0.503. The Morgan fingerprint density at radius 1 is 1.15 bits per heavy atom. The number of halogens is 2. The van der Waals surface area contributed by atoms with Gasteiger partial charge in [0, 0.05) is 22.2 Å². The molecule has 0 aliphatic carbocycles. The number of amides is 2. The minimum absolute atomic E-state index is 0.137. The van der Waals surface area contributed by atoms with Crippen LogP contribution in [0.2, 0.25) is 5.02 Å². The van der Waals surface area contributed by atoms with E-state index in [0.29, 0.717) is 23.7 Å². The maximum absolute atomic E-state index is 12.9. The summed E-state index contributed by atoms with van der Waals surface area (Å²) in [5, 5.41) is 3.25. The first-order chi connectivity index (χ1) is 12.9. The van der Waals surface area contributed by atoms with Gasteiger partial charge in [0.05, 0.1) is 0 Å². The Morgan fingerprint density at radius 2 is 1.78 bits per heavy atom. The van der Waals surface area contributed by atoms with E-state index in [1.807, 2.05) is 43.3 Å². The molecule has 0 radical (unpaired) electrons. The Kier molecular flexibility index (Phi) is 8.37. The summed E-state index contributed by atoms with van der Waals surface area (Å²) < 4.78 is 6.71. The highest BCUT2D eigenvalue weighted by molar-refractivity contribution is 14.1. The second-order valence-electron chi connectivity index (χ2n) is 5.93. The molecule has 0 spiro atoms. The van der Waals surface area contributed by atoms with Crippen LogP contribution in [-0.2, 0) is 16.1 Å². The van der Waals surface area contributed by atoms with E-state index in [0.717, 1.165) is 9.13 Å². The van der Waals surface area contributed by atoms with Gasteiger partial charge in [-0.3, -0.25) is 9.59 Å². The molecule has 0 aliphatic rings. The predicted molar refractivity (Wildman–Crippen MR) is 115 cm³/mol. The molecule has 0 aromatic heterocycles. The molecule has 2 aromatic carbocycles. The third kappa shape index (κ3) is 6.39. The molecule has 2 aromatic rings. The third-order valence-electron chi connectivity index (χ3n) is 4.07. The molecule has 0 aliphatic heterocycles. The summed E-state index contributed by atoms with van der Waals surface area (Å²) in [6.45, 7) is 2.04. The van der Waals surface area contributed by atoms with E-state index in [2.05, 4.69) is 27.9 Å². The van der Waals surface area contributed by atoms with Gasteiger partial charge in [-0.25, -0.2) is 0 Å². The monoisotopic (exact) mass is 500 g/mol.